The van der Waals surface area contributed by atoms with Crippen LogP contribution in [-0.2, 0) is 0 Å². The molecule has 104 valence electrons. The molecule has 1 saturated carbocycles. The molecule has 1 saturated heterocycles. The summed E-state index contributed by atoms with van der Waals surface area (Å²) < 4.78 is 20.0. The van der Waals surface area contributed by atoms with E-state index in [1.54, 1.807) is 6.07 Å². The van der Waals surface area contributed by atoms with Crippen molar-refractivity contribution < 1.29 is 9.13 Å². The highest BCUT2D eigenvalue weighted by Crippen LogP contribution is 2.42. The lowest BCUT2D eigenvalue weighted by atomic mass is 9.97. The van der Waals surface area contributed by atoms with E-state index < -0.39 is 0 Å². The first-order valence-electron chi connectivity index (χ1n) is 6.99. The molecule has 1 heterocycles. The molecule has 2 fully saturated rings. The van der Waals surface area contributed by atoms with Crippen LogP contribution in [0.15, 0.2) is 12.1 Å². The SMILES string of the molecule is Cc1ccc(F)c(O[C@H](C2CC2)[C@H]2CCNC2)c1Cl. The van der Waals surface area contributed by atoms with Crippen molar-refractivity contribution in [1.29, 1.82) is 0 Å². The molecule has 1 N–H and O–H groups in total. The minimum absolute atomic E-state index is 0.101. The molecule has 2 aliphatic rings. The zero-order chi connectivity index (χ0) is 13.4. The van der Waals surface area contributed by atoms with Crippen LogP contribution in [-0.4, -0.2) is 19.2 Å². The second-order valence-corrected chi connectivity index (χ2v) is 6.06. The maximum absolute atomic E-state index is 13.9. The molecule has 2 atom stereocenters. The molecule has 3 rings (SSSR count). The predicted octanol–water partition coefficient (Wildman–Crippen LogP) is 3.55. The third kappa shape index (κ3) is 2.72. The van der Waals surface area contributed by atoms with Crippen molar-refractivity contribution in [2.75, 3.05) is 13.1 Å². The van der Waals surface area contributed by atoms with Gasteiger partial charge in [-0.25, -0.2) is 4.39 Å². The van der Waals surface area contributed by atoms with Crippen LogP contribution in [0.25, 0.3) is 0 Å². The van der Waals surface area contributed by atoms with Crippen LogP contribution in [0.1, 0.15) is 24.8 Å². The Morgan fingerprint density at radius 2 is 2.11 bits per heavy atom. The predicted molar refractivity (Wildman–Crippen MR) is 74.3 cm³/mol. The zero-order valence-electron chi connectivity index (χ0n) is 11.1. The number of nitrogens with one attached hydrogen (secondary N) is 1. The molecule has 0 unspecified atom stereocenters. The van der Waals surface area contributed by atoms with Crippen LogP contribution >= 0.6 is 11.6 Å². The van der Waals surface area contributed by atoms with E-state index in [-0.39, 0.29) is 17.7 Å². The lowest BCUT2D eigenvalue weighted by Crippen LogP contribution is -2.31. The summed E-state index contributed by atoms with van der Waals surface area (Å²) in [7, 11) is 0. The van der Waals surface area contributed by atoms with Crippen LogP contribution in [0.2, 0.25) is 5.02 Å². The Labute approximate surface area is 118 Å². The summed E-state index contributed by atoms with van der Waals surface area (Å²) in [6, 6.07) is 3.13. The van der Waals surface area contributed by atoms with E-state index >= 15 is 0 Å². The fourth-order valence-electron chi connectivity index (χ4n) is 2.83. The standard InChI is InChI=1S/C15H19ClFNO/c1-9-2-5-12(17)15(13(9)16)19-14(10-3-4-10)11-6-7-18-8-11/h2,5,10-11,14,18H,3-4,6-8H2,1H3/t11-,14+/m0/s1. The fourth-order valence-corrected chi connectivity index (χ4v) is 3.03. The minimum atomic E-state index is -0.354. The van der Waals surface area contributed by atoms with Gasteiger partial charge in [0.15, 0.2) is 11.6 Å². The molecule has 19 heavy (non-hydrogen) atoms. The smallest absolute Gasteiger partial charge is 0.174 e. The largest absolute Gasteiger partial charge is 0.485 e. The molecule has 0 amide bonds. The molecule has 4 heteroatoms. The van der Waals surface area contributed by atoms with Gasteiger partial charge in [0, 0.05) is 12.5 Å². The molecule has 1 aliphatic carbocycles. The second-order valence-electron chi connectivity index (χ2n) is 5.68. The van der Waals surface area contributed by atoms with Crippen molar-refractivity contribution >= 4 is 11.6 Å². The van der Waals surface area contributed by atoms with Crippen molar-refractivity contribution in [3.8, 4) is 5.75 Å². The van der Waals surface area contributed by atoms with E-state index in [4.69, 9.17) is 16.3 Å². The van der Waals surface area contributed by atoms with Crippen LogP contribution in [0.4, 0.5) is 4.39 Å². The van der Waals surface area contributed by atoms with Crippen molar-refractivity contribution in [3.63, 3.8) is 0 Å². The summed E-state index contributed by atoms with van der Waals surface area (Å²) in [4.78, 5) is 0. The van der Waals surface area contributed by atoms with Crippen molar-refractivity contribution in [2.45, 2.75) is 32.3 Å². The highest BCUT2D eigenvalue weighted by molar-refractivity contribution is 6.32. The number of aryl methyl sites for hydroxylation is 1. The van der Waals surface area contributed by atoms with Crippen molar-refractivity contribution in [3.05, 3.63) is 28.5 Å². The maximum atomic E-state index is 13.9. The van der Waals surface area contributed by atoms with Crippen LogP contribution in [0.5, 0.6) is 5.75 Å². The summed E-state index contributed by atoms with van der Waals surface area (Å²) in [5.41, 5.74) is 0.858. The monoisotopic (exact) mass is 283 g/mol. The molecule has 1 aromatic carbocycles. The first-order chi connectivity index (χ1) is 9.16. The molecule has 1 aliphatic heterocycles. The van der Waals surface area contributed by atoms with Gasteiger partial charge in [-0.3, -0.25) is 0 Å². The average Bonchev–Trinajstić information content (AvgIpc) is 3.09. The normalized spacial score (nSPS) is 24.5. The van der Waals surface area contributed by atoms with Crippen LogP contribution in [0.3, 0.4) is 0 Å². The molecule has 0 radical (unpaired) electrons. The maximum Gasteiger partial charge on any atom is 0.174 e. The summed E-state index contributed by atoms with van der Waals surface area (Å²) in [5, 5.41) is 3.77. The highest BCUT2D eigenvalue weighted by Gasteiger charge is 2.40. The molecular weight excluding hydrogens is 265 g/mol. The number of halogens is 2. The zero-order valence-corrected chi connectivity index (χ0v) is 11.8. The van der Waals surface area contributed by atoms with E-state index in [1.807, 2.05) is 6.92 Å². The van der Waals surface area contributed by atoms with E-state index in [0.29, 0.717) is 16.9 Å². The van der Waals surface area contributed by atoms with E-state index in [9.17, 15) is 4.39 Å². The molecule has 0 aromatic heterocycles. The molecular formula is C15H19ClFNO. The van der Waals surface area contributed by atoms with Crippen molar-refractivity contribution in [1.82, 2.24) is 5.32 Å². The first kappa shape index (κ1) is 13.2. The molecule has 0 bridgehead atoms. The third-order valence-corrected chi connectivity index (χ3v) is 4.62. The van der Waals surface area contributed by atoms with Gasteiger partial charge in [0.05, 0.1) is 5.02 Å². The fraction of sp³-hybridized carbons (Fsp3) is 0.600. The average molecular weight is 284 g/mol. The van der Waals surface area contributed by atoms with Gasteiger partial charge >= 0.3 is 0 Å². The summed E-state index contributed by atoms with van der Waals surface area (Å²) in [6.45, 7) is 3.87. The lowest BCUT2D eigenvalue weighted by Gasteiger charge is -2.25. The Morgan fingerprint density at radius 1 is 1.32 bits per heavy atom. The van der Waals surface area contributed by atoms with Crippen molar-refractivity contribution in [2.24, 2.45) is 11.8 Å². The van der Waals surface area contributed by atoms with Gasteiger partial charge in [0.25, 0.3) is 0 Å². The van der Waals surface area contributed by atoms with Crippen LogP contribution in [0, 0.1) is 24.6 Å². The van der Waals surface area contributed by atoms with E-state index in [2.05, 4.69) is 5.32 Å². The number of ether oxygens (including phenoxy) is 1. The van der Waals surface area contributed by atoms with Gasteiger partial charge in [-0.15, -0.1) is 0 Å². The Balaban J connectivity index is 1.83. The lowest BCUT2D eigenvalue weighted by molar-refractivity contribution is 0.115. The Bertz CT molecular complexity index is 469. The number of hydrogen-bond acceptors (Lipinski definition) is 2. The van der Waals surface area contributed by atoms with Gasteiger partial charge in [-0.1, -0.05) is 17.7 Å². The van der Waals surface area contributed by atoms with E-state index in [1.165, 1.54) is 18.9 Å². The second kappa shape index (κ2) is 5.29. The quantitative estimate of drug-likeness (QED) is 0.912. The first-order valence-corrected chi connectivity index (χ1v) is 7.36. The highest BCUT2D eigenvalue weighted by atomic mass is 35.5. The van der Waals surface area contributed by atoms with Gasteiger partial charge in [-0.2, -0.15) is 0 Å². The van der Waals surface area contributed by atoms with Gasteiger partial charge < -0.3 is 10.1 Å². The molecule has 2 nitrogen and oxygen atoms in total. The summed E-state index contributed by atoms with van der Waals surface area (Å²) in [6.07, 6.45) is 3.58. The topological polar surface area (TPSA) is 21.3 Å². The Morgan fingerprint density at radius 3 is 2.74 bits per heavy atom. The van der Waals surface area contributed by atoms with E-state index in [0.717, 1.165) is 25.1 Å². The molecule has 1 aromatic rings. The number of hydrogen-bond donors (Lipinski definition) is 1. The van der Waals surface area contributed by atoms with Gasteiger partial charge in [0.1, 0.15) is 6.10 Å². The number of rotatable bonds is 4. The third-order valence-electron chi connectivity index (χ3n) is 4.15. The molecule has 0 spiro atoms. The van der Waals surface area contributed by atoms with Gasteiger partial charge in [-0.05, 0) is 50.3 Å². The summed E-state index contributed by atoms with van der Waals surface area (Å²) >= 11 is 6.19. The Hall–Kier alpha value is -0.800. The summed E-state index contributed by atoms with van der Waals surface area (Å²) in [5.74, 6) is 0.932. The Kier molecular flexibility index (Phi) is 3.68. The van der Waals surface area contributed by atoms with Gasteiger partial charge in [0.2, 0.25) is 0 Å². The number of benzene rings is 1. The van der Waals surface area contributed by atoms with Crippen LogP contribution < -0.4 is 10.1 Å². The minimum Gasteiger partial charge on any atom is -0.485 e.